The van der Waals surface area contributed by atoms with E-state index in [1.807, 2.05) is 0 Å². The summed E-state index contributed by atoms with van der Waals surface area (Å²) >= 11 is 0.992. The molecule has 0 radical (unpaired) electrons. The second-order valence-corrected chi connectivity index (χ2v) is 6.64. The van der Waals surface area contributed by atoms with E-state index in [1.54, 1.807) is 19.1 Å². The number of oxazole rings is 1. The normalized spacial score (nSPS) is 12.0. The number of hydrogen-bond acceptors (Lipinski definition) is 4. The van der Waals surface area contributed by atoms with E-state index >= 15 is 0 Å². The van der Waals surface area contributed by atoms with Gasteiger partial charge in [-0.25, -0.2) is 18.2 Å². The van der Waals surface area contributed by atoms with Crippen molar-refractivity contribution < 1.29 is 22.4 Å². The fraction of sp³-hybridized carbons (Fsp3) is 0.111. The van der Waals surface area contributed by atoms with E-state index in [1.165, 1.54) is 24.4 Å². The third kappa shape index (κ3) is 4.08. The number of amides is 1. The first-order chi connectivity index (χ1) is 12.4. The topological polar surface area (TPSA) is 55.1 Å². The molecule has 1 amide bonds. The van der Waals surface area contributed by atoms with Crippen LogP contribution >= 0.6 is 11.8 Å². The zero-order valence-electron chi connectivity index (χ0n) is 13.5. The maximum absolute atomic E-state index is 13.6. The molecule has 1 atom stereocenters. The first-order valence-electron chi connectivity index (χ1n) is 7.57. The Balaban J connectivity index is 1.67. The average Bonchev–Trinajstić information content (AvgIpc) is 3.07. The summed E-state index contributed by atoms with van der Waals surface area (Å²) in [5, 5.41) is 1.72. The van der Waals surface area contributed by atoms with Crippen LogP contribution in [-0.2, 0) is 4.79 Å². The highest BCUT2D eigenvalue weighted by atomic mass is 32.2. The van der Waals surface area contributed by atoms with Crippen molar-refractivity contribution in [2.75, 3.05) is 5.32 Å². The maximum Gasteiger partial charge on any atom is 0.256 e. The van der Waals surface area contributed by atoms with Crippen LogP contribution in [-0.4, -0.2) is 16.1 Å². The second kappa shape index (κ2) is 7.65. The van der Waals surface area contributed by atoms with Gasteiger partial charge in [-0.1, -0.05) is 17.8 Å². The molecule has 1 N–H and O–H groups in total. The van der Waals surface area contributed by atoms with Crippen LogP contribution in [0.15, 0.2) is 58.3 Å². The molecule has 0 saturated heterocycles. The molecular formula is C18H13F3N2O2S. The SMILES string of the molecule is CC(Sc1ncc(-c2ccc(F)cc2)o1)C(=O)Nc1c(F)cccc1F. The zero-order chi connectivity index (χ0) is 18.7. The standard InChI is InChI=1S/C18H13F3N2O2S/c1-10(17(24)23-16-13(20)3-2-4-14(16)21)26-18-22-9-15(25-18)11-5-7-12(19)8-6-11/h2-10H,1H3,(H,23,24). The van der Waals surface area contributed by atoms with Crippen molar-refractivity contribution in [3.8, 4) is 11.3 Å². The molecule has 0 fully saturated rings. The molecule has 8 heteroatoms. The van der Waals surface area contributed by atoms with E-state index in [4.69, 9.17) is 4.42 Å². The van der Waals surface area contributed by atoms with E-state index in [9.17, 15) is 18.0 Å². The van der Waals surface area contributed by atoms with Crippen LogP contribution in [0, 0.1) is 17.5 Å². The number of carbonyl (C=O) groups is 1. The average molecular weight is 378 g/mol. The highest BCUT2D eigenvalue weighted by Crippen LogP contribution is 2.29. The molecule has 3 rings (SSSR count). The molecule has 1 unspecified atom stereocenters. The van der Waals surface area contributed by atoms with Gasteiger partial charge in [0.1, 0.15) is 23.1 Å². The third-order valence-corrected chi connectivity index (χ3v) is 4.43. The molecule has 4 nitrogen and oxygen atoms in total. The van der Waals surface area contributed by atoms with E-state index in [2.05, 4.69) is 10.3 Å². The van der Waals surface area contributed by atoms with Crippen molar-refractivity contribution in [3.63, 3.8) is 0 Å². The summed E-state index contributed by atoms with van der Waals surface area (Å²) in [6.07, 6.45) is 1.46. The summed E-state index contributed by atoms with van der Waals surface area (Å²) in [6.45, 7) is 1.56. The molecule has 0 spiro atoms. The van der Waals surface area contributed by atoms with Gasteiger partial charge in [-0.2, -0.15) is 0 Å². The lowest BCUT2D eigenvalue weighted by atomic mass is 10.2. The largest absolute Gasteiger partial charge is 0.431 e. The monoisotopic (exact) mass is 378 g/mol. The molecule has 1 aromatic heterocycles. The van der Waals surface area contributed by atoms with Crippen molar-refractivity contribution in [2.45, 2.75) is 17.4 Å². The maximum atomic E-state index is 13.6. The molecule has 134 valence electrons. The Morgan fingerprint density at radius 2 is 1.77 bits per heavy atom. The Morgan fingerprint density at radius 3 is 2.42 bits per heavy atom. The van der Waals surface area contributed by atoms with Crippen LogP contribution in [0.2, 0.25) is 0 Å². The van der Waals surface area contributed by atoms with E-state index in [-0.39, 0.29) is 11.0 Å². The molecule has 2 aromatic carbocycles. The lowest BCUT2D eigenvalue weighted by molar-refractivity contribution is -0.115. The minimum Gasteiger partial charge on any atom is -0.431 e. The van der Waals surface area contributed by atoms with Crippen LogP contribution < -0.4 is 5.32 Å². The van der Waals surface area contributed by atoms with Crippen LogP contribution in [0.25, 0.3) is 11.3 Å². The van der Waals surface area contributed by atoms with Crippen LogP contribution in [0.3, 0.4) is 0 Å². The summed E-state index contributed by atoms with van der Waals surface area (Å²) < 4.78 is 45.7. The minimum atomic E-state index is -0.856. The first kappa shape index (κ1) is 18.1. The van der Waals surface area contributed by atoms with E-state index < -0.39 is 28.5 Å². The Kier molecular flexibility index (Phi) is 5.32. The Bertz CT molecular complexity index is 908. The highest BCUT2D eigenvalue weighted by molar-refractivity contribution is 8.00. The summed E-state index contributed by atoms with van der Waals surface area (Å²) in [7, 11) is 0. The Morgan fingerprint density at radius 1 is 1.12 bits per heavy atom. The van der Waals surface area contributed by atoms with Crippen molar-refractivity contribution in [1.82, 2.24) is 4.98 Å². The summed E-state index contributed by atoms with van der Waals surface area (Å²) in [5.74, 6) is -2.26. The number of halogens is 3. The number of rotatable bonds is 5. The van der Waals surface area contributed by atoms with Gasteiger partial charge in [-0.05, 0) is 43.3 Å². The zero-order valence-corrected chi connectivity index (χ0v) is 14.3. The number of benzene rings is 2. The number of para-hydroxylation sites is 1. The molecule has 0 bridgehead atoms. The molecule has 0 aliphatic rings. The number of anilines is 1. The van der Waals surface area contributed by atoms with E-state index in [0.717, 1.165) is 23.9 Å². The first-order valence-corrected chi connectivity index (χ1v) is 8.45. The van der Waals surface area contributed by atoms with E-state index in [0.29, 0.717) is 11.3 Å². The smallest absolute Gasteiger partial charge is 0.256 e. The molecular weight excluding hydrogens is 365 g/mol. The lowest BCUT2D eigenvalue weighted by Gasteiger charge is -2.11. The van der Waals surface area contributed by atoms with Crippen molar-refractivity contribution >= 4 is 23.4 Å². The number of thioether (sulfide) groups is 1. The van der Waals surface area contributed by atoms with Gasteiger partial charge in [-0.3, -0.25) is 4.79 Å². The Labute approximate surface area is 151 Å². The van der Waals surface area contributed by atoms with Crippen LogP contribution in [0.4, 0.5) is 18.9 Å². The number of nitrogens with zero attached hydrogens (tertiary/aromatic N) is 1. The van der Waals surface area contributed by atoms with Gasteiger partial charge in [0.05, 0.1) is 11.4 Å². The lowest BCUT2D eigenvalue weighted by Crippen LogP contribution is -2.23. The number of aromatic nitrogens is 1. The third-order valence-electron chi connectivity index (χ3n) is 3.47. The fourth-order valence-electron chi connectivity index (χ4n) is 2.11. The minimum absolute atomic E-state index is 0.209. The second-order valence-electron chi connectivity index (χ2n) is 5.34. The van der Waals surface area contributed by atoms with Gasteiger partial charge in [0.25, 0.3) is 5.22 Å². The number of nitrogens with one attached hydrogen (secondary N) is 1. The predicted molar refractivity (Wildman–Crippen MR) is 92.2 cm³/mol. The van der Waals surface area contributed by atoms with Crippen LogP contribution in [0.1, 0.15) is 6.92 Å². The van der Waals surface area contributed by atoms with Gasteiger partial charge < -0.3 is 9.73 Å². The molecule has 0 saturated carbocycles. The fourth-order valence-corrected chi connectivity index (χ4v) is 2.83. The molecule has 3 aromatic rings. The van der Waals surface area contributed by atoms with Gasteiger partial charge in [0, 0.05) is 5.56 Å². The quantitative estimate of drug-likeness (QED) is 0.643. The number of carbonyl (C=O) groups excluding carboxylic acids is 1. The van der Waals surface area contributed by atoms with Gasteiger partial charge in [0.15, 0.2) is 5.76 Å². The van der Waals surface area contributed by atoms with Crippen molar-refractivity contribution in [2.24, 2.45) is 0 Å². The molecule has 0 aliphatic heterocycles. The molecule has 26 heavy (non-hydrogen) atoms. The predicted octanol–water partition coefficient (Wildman–Crippen LogP) is 4.88. The van der Waals surface area contributed by atoms with Crippen LogP contribution in [0.5, 0.6) is 0 Å². The molecule has 1 heterocycles. The number of hydrogen-bond donors (Lipinski definition) is 1. The highest BCUT2D eigenvalue weighted by Gasteiger charge is 2.20. The van der Waals surface area contributed by atoms with Gasteiger partial charge in [-0.15, -0.1) is 0 Å². The summed E-state index contributed by atoms with van der Waals surface area (Å²) in [6, 6.07) is 9.00. The summed E-state index contributed by atoms with van der Waals surface area (Å²) in [4.78, 5) is 16.2. The van der Waals surface area contributed by atoms with Gasteiger partial charge in [0.2, 0.25) is 5.91 Å². The molecule has 0 aliphatic carbocycles. The van der Waals surface area contributed by atoms with Crippen molar-refractivity contribution in [3.05, 3.63) is 66.1 Å². The summed E-state index contributed by atoms with van der Waals surface area (Å²) in [5.41, 5.74) is 0.139. The van der Waals surface area contributed by atoms with Gasteiger partial charge >= 0.3 is 0 Å². The Hall–Kier alpha value is -2.74. The van der Waals surface area contributed by atoms with Crippen molar-refractivity contribution in [1.29, 1.82) is 0 Å².